The van der Waals surface area contributed by atoms with E-state index in [2.05, 4.69) is 15.0 Å². The highest BCUT2D eigenvalue weighted by atomic mass is 19.1. The second-order valence-electron chi connectivity index (χ2n) is 7.38. The zero-order chi connectivity index (χ0) is 17.8. The van der Waals surface area contributed by atoms with Crippen molar-refractivity contribution in [2.45, 2.75) is 44.6 Å². The molecule has 0 spiro atoms. The minimum Gasteiger partial charge on any atom is -0.381 e. The lowest BCUT2D eigenvalue weighted by molar-refractivity contribution is 0.0205. The molecule has 4 rings (SSSR count). The van der Waals surface area contributed by atoms with Crippen molar-refractivity contribution in [2.75, 3.05) is 26.3 Å². The van der Waals surface area contributed by atoms with E-state index in [1.165, 1.54) is 50.9 Å². The monoisotopic (exact) mass is 359 g/mol. The summed E-state index contributed by atoms with van der Waals surface area (Å²) in [5.41, 5.74) is 0.759. The van der Waals surface area contributed by atoms with E-state index >= 15 is 0 Å². The third-order valence-electron chi connectivity index (χ3n) is 5.69. The van der Waals surface area contributed by atoms with Gasteiger partial charge in [-0.2, -0.15) is 4.98 Å². The number of aryl methyl sites for hydroxylation is 1. The molecule has 0 bridgehead atoms. The van der Waals surface area contributed by atoms with E-state index in [1.54, 1.807) is 12.1 Å². The Morgan fingerprint density at radius 2 is 1.77 bits per heavy atom. The molecule has 2 aliphatic rings. The molecule has 2 saturated heterocycles. The Labute approximate surface area is 153 Å². The van der Waals surface area contributed by atoms with Crippen LogP contribution in [0.25, 0.3) is 11.5 Å². The van der Waals surface area contributed by atoms with Gasteiger partial charge < -0.3 is 14.2 Å². The van der Waals surface area contributed by atoms with Gasteiger partial charge in [0.25, 0.3) is 5.89 Å². The molecule has 0 amide bonds. The predicted octanol–water partition coefficient (Wildman–Crippen LogP) is 3.70. The fourth-order valence-electron chi connectivity index (χ4n) is 4.06. The van der Waals surface area contributed by atoms with Gasteiger partial charge in [-0.05, 0) is 75.4 Å². The molecule has 0 saturated carbocycles. The van der Waals surface area contributed by atoms with Crippen molar-refractivity contribution < 1.29 is 13.7 Å². The first-order chi connectivity index (χ1) is 12.8. The molecule has 3 heterocycles. The maximum Gasteiger partial charge on any atom is 0.257 e. The minimum absolute atomic E-state index is 0.263. The van der Waals surface area contributed by atoms with Crippen LogP contribution in [0.5, 0.6) is 0 Å². The maximum absolute atomic E-state index is 13.0. The molecule has 26 heavy (non-hydrogen) atoms. The number of piperidine rings is 1. The zero-order valence-corrected chi connectivity index (χ0v) is 15.1. The van der Waals surface area contributed by atoms with Gasteiger partial charge in [0, 0.05) is 31.2 Å². The number of aromatic nitrogens is 2. The number of likely N-dealkylation sites (tertiary alicyclic amines) is 1. The summed E-state index contributed by atoms with van der Waals surface area (Å²) in [6.45, 7) is 4.22. The number of ether oxygens (including phenoxy) is 1. The van der Waals surface area contributed by atoms with Crippen LogP contribution in [-0.4, -0.2) is 47.4 Å². The predicted molar refractivity (Wildman–Crippen MR) is 96.2 cm³/mol. The Hall–Kier alpha value is -1.79. The summed E-state index contributed by atoms with van der Waals surface area (Å²) in [5.74, 6) is 1.69. The van der Waals surface area contributed by atoms with Crippen molar-refractivity contribution in [3.05, 3.63) is 35.9 Å². The first-order valence-corrected chi connectivity index (χ1v) is 9.68. The molecule has 0 N–H and O–H groups in total. The van der Waals surface area contributed by atoms with Crippen LogP contribution < -0.4 is 0 Å². The molecular weight excluding hydrogens is 333 g/mol. The standard InChI is InChI=1S/C20H26FN3O2/c21-17-4-2-16(3-5-17)20-22-19(23-26-20)6-1-15-7-11-24(12-8-15)18-9-13-25-14-10-18/h2-5,15,18H,1,6-14H2. The van der Waals surface area contributed by atoms with Crippen LogP contribution in [0.15, 0.2) is 28.8 Å². The first-order valence-electron chi connectivity index (χ1n) is 9.68. The van der Waals surface area contributed by atoms with E-state index in [-0.39, 0.29) is 5.82 Å². The second-order valence-corrected chi connectivity index (χ2v) is 7.38. The van der Waals surface area contributed by atoms with Crippen molar-refractivity contribution >= 4 is 0 Å². The molecule has 2 aliphatic heterocycles. The Kier molecular flexibility index (Phi) is 5.60. The van der Waals surface area contributed by atoms with Gasteiger partial charge in [0.1, 0.15) is 5.82 Å². The Balaban J connectivity index is 1.24. The summed E-state index contributed by atoms with van der Waals surface area (Å²) in [6, 6.07) is 6.87. The third-order valence-corrected chi connectivity index (χ3v) is 5.69. The molecule has 1 aromatic heterocycles. The molecule has 6 heteroatoms. The van der Waals surface area contributed by atoms with Crippen LogP contribution in [0.3, 0.4) is 0 Å². The fourth-order valence-corrected chi connectivity index (χ4v) is 4.06. The summed E-state index contributed by atoms with van der Waals surface area (Å²) in [4.78, 5) is 7.11. The first kappa shape index (κ1) is 17.6. The molecule has 5 nitrogen and oxygen atoms in total. The molecule has 0 aliphatic carbocycles. The minimum atomic E-state index is -0.263. The largest absolute Gasteiger partial charge is 0.381 e. The van der Waals surface area contributed by atoms with Crippen molar-refractivity contribution in [1.82, 2.24) is 15.0 Å². The van der Waals surface area contributed by atoms with Crippen LogP contribution in [0.2, 0.25) is 0 Å². The van der Waals surface area contributed by atoms with Gasteiger partial charge in [-0.15, -0.1) is 0 Å². The van der Waals surface area contributed by atoms with Crippen molar-refractivity contribution in [3.8, 4) is 11.5 Å². The molecule has 0 unspecified atom stereocenters. The smallest absolute Gasteiger partial charge is 0.257 e. The number of halogens is 1. The number of nitrogens with zero attached hydrogens (tertiary/aromatic N) is 3. The van der Waals surface area contributed by atoms with Crippen molar-refractivity contribution in [3.63, 3.8) is 0 Å². The highest BCUT2D eigenvalue weighted by molar-refractivity contribution is 5.52. The van der Waals surface area contributed by atoms with Crippen LogP contribution >= 0.6 is 0 Å². The van der Waals surface area contributed by atoms with Gasteiger partial charge in [0.2, 0.25) is 0 Å². The highest BCUT2D eigenvalue weighted by Crippen LogP contribution is 2.26. The van der Waals surface area contributed by atoms with Crippen LogP contribution in [0.4, 0.5) is 4.39 Å². The van der Waals surface area contributed by atoms with Gasteiger partial charge in [-0.1, -0.05) is 5.16 Å². The fraction of sp³-hybridized carbons (Fsp3) is 0.600. The molecule has 2 aromatic rings. The van der Waals surface area contributed by atoms with Gasteiger partial charge >= 0.3 is 0 Å². The van der Waals surface area contributed by atoms with Gasteiger partial charge in [0.15, 0.2) is 5.82 Å². The van der Waals surface area contributed by atoms with Crippen molar-refractivity contribution in [2.24, 2.45) is 5.92 Å². The van der Waals surface area contributed by atoms with Crippen LogP contribution in [0, 0.1) is 11.7 Å². The molecule has 0 radical (unpaired) electrons. The highest BCUT2D eigenvalue weighted by Gasteiger charge is 2.26. The molecular formula is C20H26FN3O2. The third kappa shape index (κ3) is 4.30. The van der Waals surface area contributed by atoms with Gasteiger partial charge in [0.05, 0.1) is 0 Å². The summed E-state index contributed by atoms with van der Waals surface area (Å²) in [6.07, 6.45) is 6.80. The van der Waals surface area contributed by atoms with E-state index in [4.69, 9.17) is 9.26 Å². The molecule has 2 fully saturated rings. The van der Waals surface area contributed by atoms with E-state index < -0.39 is 0 Å². The lowest BCUT2D eigenvalue weighted by Gasteiger charge is -2.39. The summed E-state index contributed by atoms with van der Waals surface area (Å²) < 4.78 is 23.8. The lowest BCUT2D eigenvalue weighted by Crippen LogP contribution is -2.44. The van der Waals surface area contributed by atoms with E-state index in [9.17, 15) is 4.39 Å². The second kappa shape index (κ2) is 8.27. The number of benzene rings is 1. The van der Waals surface area contributed by atoms with E-state index in [1.807, 2.05) is 0 Å². The Bertz CT molecular complexity index is 689. The Morgan fingerprint density at radius 1 is 1.04 bits per heavy atom. The SMILES string of the molecule is Fc1ccc(-c2nc(CCC3CCN(C4CCOCC4)CC3)no2)cc1. The summed E-state index contributed by atoms with van der Waals surface area (Å²) >= 11 is 0. The number of rotatable bonds is 5. The average molecular weight is 359 g/mol. The molecule has 1 aromatic carbocycles. The van der Waals surface area contributed by atoms with E-state index in [0.29, 0.717) is 5.89 Å². The van der Waals surface area contributed by atoms with Crippen LogP contribution in [-0.2, 0) is 11.2 Å². The molecule has 140 valence electrons. The molecule has 0 atom stereocenters. The van der Waals surface area contributed by atoms with Gasteiger partial charge in [-0.3, -0.25) is 0 Å². The lowest BCUT2D eigenvalue weighted by atomic mass is 9.90. The van der Waals surface area contributed by atoms with Crippen molar-refractivity contribution in [1.29, 1.82) is 0 Å². The van der Waals surface area contributed by atoms with Crippen LogP contribution in [0.1, 0.15) is 37.9 Å². The Morgan fingerprint density at radius 3 is 2.50 bits per heavy atom. The zero-order valence-electron chi connectivity index (χ0n) is 15.1. The normalized spacial score (nSPS) is 20.5. The summed E-state index contributed by atoms with van der Waals surface area (Å²) in [5, 5.41) is 4.08. The quantitative estimate of drug-likeness (QED) is 0.815. The van der Waals surface area contributed by atoms with Gasteiger partial charge in [-0.25, -0.2) is 4.39 Å². The number of hydrogen-bond acceptors (Lipinski definition) is 5. The maximum atomic E-state index is 13.0. The van der Waals surface area contributed by atoms with E-state index in [0.717, 1.165) is 49.4 Å². The average Bonchev–Trinajstić information content (AvgIpc) is 3.17. The summed E-state index contributed by atoms with van der Waals surface area (Å²) in [7, 11) is 0. The number of hydrogen-bond donors (Lipinski definition) is 0. The topological polar surface area (TPSA) is 51.4 Å².